The van der Waals surface area contributed by atoms with Crippen molar-refractivity contribution in [2.45, 2.75) is 9.79 Å². The van der Waals surface area contributed by atoms with Gasteiger partial charge in [-0.3, -0.25) is 0 Å². The SMILES string of the molecule is O=C(O)c1ccc(-c2ccc(C(=O)O)c(S)c2)cc1S. The van der Waals surface area contributed by atoms with E-state index in [4.69, 9.17) is 10.2 Å². The molecule has 4 nitrogen and oxygen atoms in total. The molecule has 6 heteroatoms. The molecule has 0 aromatic heterocycles. The summed E-state index contributed by atoms with van der Waals surface area (Å²) in [6.45, 7) is 0. The first-order valence-corrected chi connectivity index (χ1v) is 6.42. The highest BCUT2D eigenvalue weighted by atomic mass is 32.1. The Bertz CT molecular complexity index is 649. The zero-order valence-electron chi connectivity index (χ0n) is 10.1. The maximum atomic E-state index is 10.9. The molecule has 20 heavy (non-hydrogen) atoms. The normalized spacial score (nSPS) is 10.3. The highest BCUT2D eigenvalue weighted by Gasteiger charge is 2.11. The van der Waals surface area contributed by atoms with Crippen LogP contribution >= 0.6 is 25.3 Å². The average Bonchev–Trinajstić information content (AvgIpc) is 2.37. The Kier molecular flexibility index (Phi) is 4.06. The third-order valence-electron chi connectivity index (χ3n) is 2.79. The fraction of sp³-hybridized carbons (Fsp3) is 0. The molecule has 0 atom stereocenters. The van der Waals surface area contributed by atoms with Gasteiger partial charge in [-0.2, -0.15) is 0 Å². The zero-order valence-corrected chi connectivity index (χ0v) is 11.9. The largest absolute Gasteiger partial charge is 0.478 e. The molecule has 2 aromatic carbocycles. The van der Waals surface area contributed by atoms with Crippen molar-refractivity contribution in [3.05, 3.63) is 47.5 Å². The van der Waals surface area contributed by atoms with Crippen LogP contribution in [-0.4, -0.2) is 22.2 Å². The lowest BCUT2D eigenvalue weighted by molar-refractivity contribution is 0.0682. The molecule has 0 amide bonds. The molecule has 0 fully saturated rings. The fourth-order valence-corrected chi connectivity index (χ4v) is 2.40. The molecule has 2 aromatic rings. The summed E-state index contributed by atoms with van der Waals surface area (Å²) in [6.07, 6.45) is 0. The van der Waals surface area contributed by atoms with Crippen molar-refractivity contribution in [3.8, 4) is 11.1 Å². The summed E-state index contributed by atoms with van der Waals surface area (Å²) in [7, 11) is 0. The van der Waals surface area contributed by atoms with Gasteiger partial charge >= 0.3 is 11.9 Å². The summed E-state index contributed by atoms with van der Waals surface area (Å²) in [5, 5.41) is 17.9. The van der Waals surface area contributed by atoms with Gasteiger partial charge in [0.15, 0.2) is 0 Å². The van der Waals surface area contributed by atoms with E-state index in [1.54, 1.807) is 24.3 Å². The Morgan fingerprint density at radius 3 is 1.35 bits per heavy atom. The predicted molar refractivity (Wildman–Crippen MR) is 80.3 cm³/mol. The number of carbonyl (C=O) groups is 2. The van der Waals surface area contributed by atoms with Gasteiger partial charge in [0.2, 0.25) is 0 Å². The van der Waals surface area contributed by atoms with Crippen LogP contribution in [0.5, 0.6) is 0 Å². The van der Waals surface area contributed by atoms with Crippen molar-refractivity contribution in [2.24, 2.45) is 0 Å². The van der Waals surface area contributed by atoms with Crippen LogP contribution in [0.1, 0.15) is 20.7 Å². The van der Waals surface area contributed by atoms with Crippen LogP contribution in [0.25, 0.3) is 11.1 Å². The van der Waals surface area contributed by atoms with Crippen LogP contribution in [0.3, 0.4) is 0 Å². The number of thiol groups is 2. The molecule has 0 heterocycles. The summed E-state index contributed by atoms with van der Waals surface area (Å²) in [6, 6.07) is 9.45. The Morgan fingerprint density at radius 2 is 1.10 bits per heavy atom. The van der Waals surface area contributed by atoms with E-state index in [1.165, 1.54) is 12.1 Å². The Labute approximate surface area is 125 Å². The molecule has 0 unspecified atom stereocenters. The van der Waals surface area contributed by atoms with Crippen LogP contribution in [0.2, 0.25) is 0 Å². The molecule has 0 radical (unpaired) electrons. The molecule has 0 bridgehead atoms. The second-order valence-corrected chi connectivity index (χ2v) is 5.04. The Hall–Kier alpha value is -1.92. The van der Waals surface area contributed by atoms with Gasteiger partial charge in [0.25, 0.3) is 0 Å². The number of hydrogen-bond acceptors (Lipinski definition) is 4. The maximum absolute atomic E-state index is 10.9. The van der Waals surface area contributed by atoms with Crippen molar-refractivity contribution < 1.29 is 19.8 Å². The molecular formula is C14H10O4S2. The minimum absolute atomic E-state index is 0.116. The Morgan fingerprint density at radius 1 is 0.750 bits per heavy atom. The highest BCUT2D eigenvalue weighted by molar-refractivity contribution is 7.80. The number of aromatic carboxylic acids is 2. The van der Waals surface area contributed by atoms with E-state index in [0.717, 1.165) is 11.1 Å². The van der Waals surface area contributed by atoms with Gasteiger partial charge in [0, 0.05) is 9.79 Å². The van der Waals surface area contributed by atoms with Crippen LogP contribution in [0, 0.1) is 0 Å². The topological polar surface area (TPSA) is 74.6 Å². The molecule has 102 valence electrons. The van der Waals surface area contributed by atoms with Gasteiger partial charge < -0.3 is 10.2 Å². The number of benzene rings is 2. The predicted octanol–water partition coefficient (Wildman–Crippen LogP) is 3.33. The van der Waals surface area contributed by atoms with Crippen LogP contribution in [0.15, 0.2) is 46.2 Å². The van der Waals surface area contributed by atoms with Crippen LogP contribution < -0.4 is 0 Å². The van der Waals surface area contributed by atoms with E-state index in [1.807, 2.05) is 0 Å². The standard InChI is InChI=1S/C14H10O4S2/c15-13(16)9-3-1-7(5-11(9)19)8-2-4-10(14(17)18)12(20)6-8/h1-6,19-20H,(H,15,16)(H,17,18). The fourth-order valence-electron chi connectivity index (χ4n) is 1.78. The quantitative estimate of drug-likeness (QED) is 0.656. The van der Waals surface area contributed by atoms with Crippen molar-refractivity contribution in [1.82, 2.24) is 0 Å². The third-order valence-corrected chi connectivity index (χ3v) is 3.53. The van der Waals surface area contributed by atoms with E-state index in [-0.39, 0.29) is 11.1 Å². The van der Waals surface area contributed by atoms with Crippen LogP contribution in [0.4, 0.5) is 0 Å². The molecule has 0 spiro atoms. The van der Waals surface area contributed by atoms with Crippen molar-refractivity contribution in [3.63, 3.8) is 0 Å². The smallest absolute Gasteiger partial charge is 0.336 e. The first-order chi connectivity index (χ1) is 9.40. The summed E-state index contributed by atoms with van der Waals surface area (Å²) >= 11 is 8.28. The maximum Gasteiger partial charge on any atom is 0.336 e. The van der Waals surface area contributed by atoms with Crippen molar-refractivity contribution in [1.29, 1.82) is 0 Å². The third kappa shape index (κ3) is 2.81. The lowest BCUT2D eigenvalue weighted by Gasteiger charge is -2.07. The molecule has 0 saturated heterocycles. The zero-order chi connectivity index (χ0) is 14.9. The van der Waals surface area contributed by atoms with Gasteiger partial charge in [0.05, 0.1) is 11.1 Å². The van der Waals surface area contributed by atoms with Gasteiger partial charge in [0.1, 0.15) is 0 Å². The monoisotopic (exact) mass is 306 g/mol. The first kappa shape index (κ1) is 14.5. The second kappa shape index (κ2) is 5.60. The lowest BCUT2D eigenvalue weighted by atomic mass is 10.0. The van der Waals surface area contributed by atoms with E-state index in [2.05, 4.69) is 25.3 Å². The highest BCUT2D eigenvalue weighted by Crippen LogP contribution is 2.28. The van der Waals surface area contributed by atoms with E-state index < -0.39 is 11.9 Å². The van der Waals surface area contributed by atoms with Gasteiger partial charge in [-0.15, -0.1) is 25.3 Å². The molecular weight excluding hydrogens is 296 g/mol. The van der Waals surface area contributed by atoms with E-state index in [9.17, 15) is 9.59 Å². The average molecular weight is 306 g/mol. The molecule has 2 N–H and O–H groups in total. The lowest BCUT2D eigenvalue weighted by Crippen LogP contribution is -1.99. The molecule has 0 aliphatic carbocycles. The summed E-state index contributed by atoms with van der Waals surface area (Å²) in [4.78, 5) is 22.5. The van der Waals surface area contributed by atoms with Gasteiger partial charge in [-0.25, -0.2) is 9.59 Å². The van der Waals surface area contributed by atoms with Crippen LogP contribution in [-0.2, 0) is 0 Å². The Balaban J connectivity index is 2.47. The van der Waals surface area contributed by atoms with Crippen molar-refractivity contribution in [2.75, 3.05) is 0 Å². The number of rotatable bonds is 3. The molecule has 0 saturated carbocycles. The summed E-state index contributed by atoms with van der Waals surface area (Å²) in [5.41, 5.74) is 1.72. The number of carboxylic acids is 2. The van der Waals surface area contributed by atoms with E-state index in [0.29, 0.717) is 9.79 Å². The molecule has 2 rings (SSSR count). The second-order valence-electron chi connectivity index (χ2n) is 4.07. The summed E-state index contributed by atoms with van der Waals surface area (Å²) < 4.78 is 0. The van der Waals surface area contributed by atoms with Gasteiger partial charge in [-0.05, 0) is 35.4 Å². The van der Waals surface area contributed by atoms with E-state index >= 15 is 0 Å². The first-order valence-electron chi connectivity index (χ1n) is 5.53. The summed E-state index contributed by atoms with van der Waals surface area (Å²) in [5.74, 6) is -2.09. The molecule has 0 aliphatic rings. The molecule has 0 aliphatic heterocycles. The minimum atomic E-state index is -1.04. The number of carboxylic acid groups (broad SMARTS) is 2. The minimum Gasteiger partial charge on any atom is -0.478 e. The number of hydrogen-bond donors (Lipinski definition) is 4. The van der Waals surface area contributed by atoms with Gasteiger partial charge in [-0.1, -0.05) is 12.1 Å². The van der Waals surface area contributed by atoms with Crippen molar-refractivity contribution >= 4 is 37.2 Å².